The lowest BCUT2D eigenvalue weighted by molar-refractivity contribution is 0.171. The standard InChI is InChI=1S/C14H22N2O4S/c1-10-8-11(2)13(12(3)9-10)16(21(5,18)19)7-6-15-14(17)20-4/h8-9H,6-7H2,1-5H3,(H,15,17). The van der Waals surface area contributed by atoms with Gasteiger partial charge in [-0.3, -0.25) is 4.31 Å². The molecule has 118 valence electrons. The fourth-order valence-corrected chi connectivity index (χ4v) is 3.38. The summed E-state index contributed by atoms with van der Waals surface area (Å²) < 4.78 is 29.9. The number of nitrogens with zero attached hydrogens (tertiary/aromatic N) is 1. The average Bonchev–Trinajstić information content (AvgIpc) is 2.34. The van der Waals surface area contributed by atoms with E-state index in [2.05, 4.69) is 10.1 Å². The molecule has 1 rings (SSSR count). The Morgan fingerprint density at radius 3 is 2.19 bits per heavy atom. The van der Waals surface area contributed by atoms with Gasteiger partial charge in [-0.2, -0.15) is 0 Å². The van der Waals surface area contributed by atoms with Crippen molar-refractivity contribution in [2.45, 2.75) is 20.8 Å². The molecule has 0 bridgehead atoms. The minimum atomic E-state index is -3.44. The zero-order chi connectivity index (χ0) is 16.2. The monoisotopic (exact) mass is 314 g/mol. The number of benzene rings is 1. The molecule has 1 amide bonds. The van der Waals surface area contributed by atoms with E-state index in [1.807, 2.05) is 32.9 Å². The van der Waals surface area contributed by atoms with Crippen LogP contribution in [0.3, 0.4) is 0 Å². The molecule has 1 aromatic rings. The van der Waals surface area contributed by atoms with Crippen molar-refractivity contribution in [3.63, 3.8) is 0 Å². The molecule has 0 atom stereocenters. The number of methoxy groups -OCH3 is 1. The minimum absolute atomic E-state index is 0.151. The molecule has 6 nitrogen and oxygen atoms in total. The number of rotatable bonds is 5. The molecule has 0 aromatic heterocycles. The maximum atomic E-state index is 12.0. The molecule has 0 aliphatic heterocycles. The Bertz CT molecular complexity index is 603. The van der Waals surface area contributed by atoms with Crippen molar-refractivity contribution in [3.05, 3.63) is 28.8 Å². The van der Waals surface area contributed by atoms with Crippen LogP contribution in [-0.2, 0) is 14.8 Å². The van der Waals surface area contributed by atoms with E-state index in [0.29, 0.717) is 5.69 Å². The highest BCUT2D eigenvalue weighted by Crippen LogP contribution is 2.27. The summed E-state index contributed by atoms with van der Waals surface area (Å²) in [5.74, 6) is 0. The maximum Gasteiger partial charge on any atom is 0.406 e. The van der Waals surface area contributed by atoms with Crippen molar-refractivity contribution in [1.29, 1.82) is 0 Å². The number of anilines is 1. The zero-order valence-corrected chi connectivity index (χ0v) is 13.9. The van der Waals surface area contributed by atoms with Crippen LogP contribution in [0.25, 0.3) is 0 Å². The number of amides is 1. The number of hydrogen-bond acceptors (Lipinski definition) is 4. The quantitative estimate of drug-likeness (QED) is 0.898. The van der Waals surface area contributed by atoms with Gasteiger partial charge in [0.25, 0.3) is 0 Å². The Balaban J connectivity index is 3.08. The molecule has 0 radical (unpaired) electrons. The SMILES string of the molecule is COC(=O)NCCN(c1c(C)cc(C)cc1C)S(C)(=O)=O. The predicted molar refractivity (Wildman–Crippen MR) is 83.3 cm³/mol. The molecule has 0 heterocycles. The Kier molecular flexibility index (Phi) is 5.60. The molecule has 21 heavy (non-hydrogen) atoms. The predicted octanol–water partition coefficient (Wildman–Crippen LogP) is 1.73. The number of carbonyl (C=O) groups excluding carboxylic acids is 1. The first-order valence-corrected chi connectivity index (χ1v) is 8.39. The molecular weight excluding hydrogens is 292 g/mol. The van der Waals surface area contributed by atoms with Gasteiger partial charge >= 0.3 is 6.09 Å². The van der Waals surface area contributed by atoms with Gasteiger partial charge in [0.15, 0.2) is 0 Å². The van der Waals surface area contributed by atoms with E-state index >= 15 is 0 Å². The third kappa shape index (κ3) is 4.63. The molecule has 1 aromatic carbocycles. The summed E-state index contributed by atoms with van der Waals surface area (Å²) in [6.07, 6.45) is 0.574. The fraction of sp³-hybridized carbons (Fsp3) is 0.500. The number of sulfonamides is 1. The smallest absolute Gasteiger partial charge is 0.406 e. The van der Waals surface area contributed by atoms with E-state index < -0.39 is 16.1 Å². The van der Waals surface area contributed by atoms with Crippen LogP contribution < -0.4 is 9.62 Å². The third-order valence-corrected chi connectivity index (χ3v) is 4.22. The second kappa shape index (κ2) is 6.80. The maximum absolute atomic E-state index is 12.0. The number of alkyl carbamates (subject to hydrolysis) is 1. The third-order valence-electron chi connectivity index (χ3n) is 3.05. The lowest BCUT2D eigenvalue weighted by Crippen LogP contribution is -2.38. The second-order valence-corrected chi connectivity index (χ2v) is 6.91. The van der Waals surface area contributed by atoms with E-state index in [-0.39, 0.29) is 13.1 Å². The number of ether oxygens (including phenoxy) is 1. The summed E-state index contributed by atoms with van der Waals surface area (Å²) in [6, 6.07) is 3.88. The molecule has 0 unspecified atom stereocenters. The second-order valence-electron chi connectivity index (χ2n) is 5.00. The molecule has 0 saturated heterocycles. The van der Waals surface area contributed by atoms with Crippen molar-refractivity contribution in [1.82, 2.24) is 5.32 Å². The summed E-state index contributed by atoms with van der Waals surface area (Å²) in [5, 5.41) is 2.49. The molecule has 7 heteroatoms. The summed E-state index contributed by atoms with van der Waals surface area (Å²) in [7, 11) is -2.18. The molecular formula is C14H22N2O4S. The van der Waals surface area contributed by atoms with E-state index in [4.69, 9.17) is 0 Å². The molecule has 0 saturated carbocycles. The van der Waals surface area contributed by atoms with Crippen molar-refractivity contribution < 1.29 is 17.9 Å². The van der Waals surface area contributed by atoms with Gasteiger partial charge in [0.2, 0.25) is 10.0 Å². The van der Waals surface area contributed by atoms with Gasteiger partial charge in [-0.15, -0.1) is 0 Å². The van der Waals surface area contributed by atoms with Crippen LogP contribution in [0.2, 0.25) is 0 Å². The van der Waals surface area contributed by atoms with E-state index in [1.165, 1.54) is 11.4 Å². The van der Waals surface area contributed by atoms with Gasteiger partial charge in [-0.1, -0.05) is 17.7 Å². The van der Waals surface area contributed by atoms with Gasteiger partial charge in [0.1, 0.15) is 0 Å². The summed E-state index contributed by atoms with van der Waals surface area (Å²) in [5.41, 5.74) is 3.51. The summed E-state index contributed by atoms with van der Waals surface area (Å²) in [4.78, 5) is 11.1. The number of nitrogens with one attached hydrogen (secondary N) is 1. The van der Waals surface area contributed by atoms with Gasteiger partial charge in [-0.05, 0) is 31.9 Å². The highest BCUT2D eigenvalue weighted by atomic mass is 32.2. The largest absolute Gasteiger partial charge is 0.453 e. The Morgan fingerprint density at radius 1 is 1.24 bits per heavy atom. The van der Waals surface area contributed by atoms with Gasteiger partial charge < -0.3 is 10.1 Å². The normalized spacial score (nSPS) is 11.1. The van der Waals surface area contributed by atoms with Crippen molar-refractivity contribution >= 4 is 21.8 Å². The Morgan fingerprint density at radius 2 is 1.76 bits per heavy atom. The van der Waals surface area contributed by atoms with Crippen molar-refractivity contribution in [2.24, 2.45) is 0 Å². The topological polar surface area (TPSA) is 75.7 Å². The minimum Gasteiger partial charge on any atom is -0.453 e. The number of hydrogen-bond donors (Lipinski definition) is 1. The molecule has 0 fully saturated rings. The fourth-order valence-electron chi connectivity index (χ4n) is 2.34. The van der Waals surface area contributed by atoms with Gasteiger partial charge in [0, 0.05) is 6.54 Å². The van der Waals surface area contributed by atoms with Crippen molar-refractivity contribution in [2.75, 3.05) is 30.8 Å². The highest BCUT2D eigenvalue weighted by Gasteiger charge is 2.21. The van der Waals surface area contributed by atoms with Crippen LogP contribution in [0, 0.1) is 20.8 Å². The van der Waals surface area contributed by atoms with Crippen molar-refractivity contribution in [3.8, 4) is 0 Å². The van der Waals surface area contributed by atoms with Crippen LogP contribution >= 0.6 is 0 Å². The average molecular weight is 314 g/mol. The van der Waals surface area contributed by atoms with Crippen LogP contribution in [-0.4, -0.2) is 41.0 Å². The molecule has 0 spiro atoms. The first-order valence-electron chi connectivity index (χ1n) is 6.54. The number of aryl methyl sites for hydroxylation is 3. The molecule has 0 aliphatic carbocycles. The van der Waals surface area contributed by atoms with E-state index in [0.717, 1.165) is 22.9 Å². The molecule has 1 N–H and O–H groups in total. The Hall–Kier alpha value is -1.76. The number of carbonyl (C=O) groups is 1. The van der Waals surface area contributed by atoms with E-state index in [9.17, 15) is 13.2 Å². The Labute approximate surface area is 126 Å². The molecule has 0 aliphatic rings. The first-order chi connectivity index (χ1) is 9.66. The van der Waals surface area contributed by atoms with Crippen LogP contribution in [0.1, 0.15) is 16.7 Å². The summed E-state index contributed by atoms with van der Waals surface area (Å²) in [6.45, 7) is 6.04. The van der Waals surface area contributed by atoms with E-state index in [1.54, 1.807) is 0 Å². The lowest BCUT2D eigenvalue weighted by Gasteiger charge is -2.26. The zero-order valence-electron chi connectivity index (χ0n) is 13.1. The van der Waals surface area contributed by atoms with Crippen LogP contribution in [0.15, 0.2) is 12.1 Å². The van der Waals surface area contributed by atoms with Crippen LogP contribution in [0.5, 0.6) is 0 Å². The summed E-state index contributed by atoms with van der Waals surface area (Å²) >= 11 is 0. The highest BCUT2D eigenvalue weighted by molar-refractivity contribution is 7.92. The first kappa shape index (κ1) is 17.3. The lowest BCUT2D eigenvalue weighted by atomic mass is 10.1. The van der Waals surface area contributed by atoms with Gasteiger partial charge in [-0.25, -0.2) is 13.2 Å². The van der Waals surface area contributed by atoms with Gasteiger partial charge in [0.05, 0.1) is 25.6 Å². The van der Waals surface area contributed by atoms with Crippen LogP contribution in [0.4, 0.5) is 10.5 Å².